The SMILES string of the molecule is CCCN(CC(C)(C)CN)c1ncccc1[N+](=O)[O-]. The quantitative estimate of drug-likeness (QED) is 0.604. The average Bonchev–Trinajstić information content (AvgIpc) is 2.38. The summed E-state index contributed by atoms with van der Waals surface area (Å²) >= 11 is 0. The van der Waals surface area contributed by atoms with E-state index in [1.54, 1.807) is 12.3 Å². The Morgan fingerprint density at radius 2 is 2.21 bits per heavy atom. The molecule has 6 heteroatoms. The second-order valence-electron chi connectivity index (χ2n) is 5.39. The number of pyridine rings is 1. The molecule has 1 aromatic heterocycles. The first kappa shape index (κ1) is 15.4. The van der Waals surface area contributed by atoms with E-state index in [-0.39, 0.29) is 16.0 Å². The van der Waals surface area contributed by atoms with Crippen LogP contribution in [0.1, 0.15) is 27.2 Å². The summed E-state index contributed by atoms with van der Waals surface area (Å²) in [5, 5.41) is 11.1. The number of hydrogen-bond donors (Lipinski definition) is 1. The lowest BCUT2D eigenvalue weighted by molar-refractivity contribution is -0.384. The fraction of sp³-hybridized carbons (Fsp3) is 0.615. The Balaban J connectivity index is 3.09. The minimum absolute atomic E-state index is 0.0452. The van der Waals surface area contributed by atoms with Gasteiger partial charge >= 0.3 is 5.69 Å². The first-order valence-electron chi connectivity index (χ1n) is 6.45. The molecule has 0 bridgehead atoms. The van der Waals surface area contributed by atoms with Gasteiger partial charge < -0.3 is 10.6 Å². The maximum Gasteiger partial charge on any atom is 0.311 e. The highest BCUT2D eigenvalue weighted by Crippen LogP contribution is 2.27. The lowest BCUT2D eigenvalue weighted by atomic mass is 9.93. The Bertz CT molecular complexity index is 434. The van der Waals surface area contributed by atoms with E-state index in [0.29, 0.717) is 18.9 Å². The monoisotopic (exact) mass is 266 g/mol. The van der Waals surface area contributed by atoms with Gasteiger partial charge in [0.1, 0.15) is 0 Å². The number of nitrogens with zero attached hydrogens (tertiary/aromatic N) is 3. The molecule has 0 aliphatic carbocycles. The molecule has 0 saturated heterocycles. The minimum Gasteiger partial charge on any atom is -0.350 e. The Morgan fingerprint density at radius 3 is 2.74 bits per heavy atom. The summed E-state index contributed by atoms with van der Waals surface area (Å²) in [6, 6.07) is 3.07. The first-order valence-corrected chi connectivity index (χ1v) is 6.45. The van der Waals surface area contributed by atoms with Gasteiger partial charge in [0.15, 0.2) is 0 Å². The first-order chi connectivity index (χ1) is 8.91. The van der Waals surface area contributed by atoms with Crippen molar-refractivity contribution in [2.45, 2.75) is 27.2 Å². The average molecular weight is 266 g/mol. The van der Waals surface area contributed by atoms with Gasteiger partial charge in [-0.25, -0.2) is 4.98 Å². The summed E-state index contributed by atoms with van der Waals surface area (Å²) in [4.78, 5) is 16.8. The summed E-state index contributed by atoms with van der Waals surface area (Å²) in [6.45, 7) is 8.02. The summed E-state index contributed by atoms with van der Waals surface area (Å²) in [5.74, 6) is 0.427. The van der Waals surface area contributed by atoms with Gasteiger partial charge in [0, 0.05) is 25.4 Å². The maximum absolute atomic E-state index is 11.1. The Morgan fingerprint density at radius 1 is 1.53 bits per heavy atom. The molecule has 0 amide bonds. The zero-order chi connectivity index (χ0) is 14.5. The molecule has 0 fully saturated rings. The van der Waals surface area contributed by atoms with Crippen molar-refractivity contribution in [3.8, 4) is 0 Å². The van der Waals surface area contributed by atoms with E-state index in [4.69, 9.17) is 5.73 Å². The second-order valence-corrected chi connectivity index (χ2v) is 5.39. The Hall–Kier alpha value is -1.69. The molecule has 2 N–H and O–H groups in total. The molecule has 6 nitrogen and oxygen atoms in total. The molecule has 1 rings (SSSR count). The van der Waals surface area contributed by atoms with Gasteiger partial charge in [-0.15, -0.1) is 0 Å². The van der Waals surface area contributed by atoms with Crippen LogP contribution in [0.3, 0.4) is 0 Å². The van der Waals surface area contributed by atoms with Crippen LogP contribution < -0.4 is 10.6 Å². The van der Waals surface area contributed by atoms with Crippen LogP contribution in [0, 0.1) is 15.5 Å². The standard InChI is InChI=1S/C13H22N4O2/c1-4-8-16(10-13(2,3)9-14)12-11(17(18)19)6-5-7-15-12/h5-7H,4,8-10,14H2,1-3H3. The molecule has 0 spiro atoms. The number of nitro groups is 1. The van der Waals surface area contributed by atoms with Gasteiger partial charge in [-0.2, -0.15) is 0 Å². The Labute approximate surface area is 113 Å². The van der Waals surface area contributed by atoms with E-state index >= 15 is 0 Å². The van der Waals surface area contributed by atoms with E-state index in [1.807, 2.05) is 25.7 Å². The molecule has 1 aromatic rings. The highest BCUT2D eigenvalue weighted by atomic mass is 16.6. The van der Waals surface area contributed by atoms with Crippen molar-refractivity contribution in [1.82, 2.24) is 4.98 Å². The zero-order valence-corrected chi connectivity index (χ0v) is 11.8. The normalized spacial score (nSPS) is 11.4. The van der Waals surface area contributed by atoms with Crippen molar-refractivity contribution in [2.75, 3.05) is 24.5 Å². The molecular formula is C13H22N4O2. The van der Waals surface area contributed by atoms with Crippen molar-refractivity contribution in [3.63, 3.8) is 0 Å². The molecule has 1 heterocycles. The molecule has 0 saturated carbocycles. The molecule has 0 aliphatic rings. The number of anilines is 1. The highest BCUT2D eigenvalue weighted by Gasteiger charge is 2.25. The van der Waals surface area contributed by atoms with E-state index in [2.05, 4.69) is 4.98 Å². The predicted octanol–water partition coefficient (Wildman–Crippen LogP) is 2.19. The van der Waals surface area contributed by atoms with Gasteiger partial charge in [0.05, 0.1) is 4.92 Å². The molecule has 0 unspecified atom stereocenters. The van der Waals surface area contributed by atoms with Gasteiger partial charge in [0.25, 0.3) is 0 Å². The molecule has 0 atom stereocenters. The van der Waals surface area contributed by atoms with E-state index in [1.165, 1.54) is 6.07 Å². The molecule has 0 aliphatic heterocycles. The smallest absolute Gasteiger partial charge is 0.311 e. The van der Waals surface area contributed by atoms with Crippen LogP contribution in [0.5, 0.6) is 0 Å². The second kappa shape index (κ2) is 6.47. The maximum atomic E-state index is 11.1. The number of hydrogen-bond acceptors (Lipinski definition) is 5. The molecule has 106 valence electrons. The van der Waals surface area contributed by atoms with Crippen molar-refractivity contribution in [2.24, 2.45) is 11.1 Å². The van der Waals surface area contributed by atoms with Crippen LogP contribution in [0.15, 0.2) is 18.3 Å². The zero-order valence-electron chi connectivity index (χ0n) is 11.8. The summed E-state index contributed by atoms with van der Waals surface area (Å²) < 4.78 is 0. The van der Waals surface area contributed by atoms with Crippen LogP contribution in [-0.2, 0) is 0 Å². The molecule has 0 aromatic carbocycles. The van der Waals surface area contributed by atoms with Crippen LogP contribution >= 0.6 is 0 Å². The lowest BCUT2D eigenvalue weighted by Gasteiger charge is -2.32. The number of nitrogens with two attached hydrogens (primary N) is 1. The third kappa shape index (κ3) is 4.17. The lowest BCUT2D eigenvalue weighted by Crippen LogP contribution is -2.39. The van der Waals surface area contributed by atoms with E-state index in [0.717, 1.165) is 13.0 Å². The third-order valence-electron chi connectivity index (χ3n) is 2.93. The molecule has 0 radical (unpaired) electrons. The summed E-state index contributed by atoms with van der Waals surface area (Å²) in [6.07, 6.45) is 2.48. The van der Waals surface area contributed by atoms with E-state index in [9.17, 15) is 10.1 Å². The fourth-order valence-corrected chi connectivity index (χ4v) is 1.89. The number of rotatable bonds is 7. The highest BCUT2D eigenvalue weighted by molar-refractivity contribution is 5.57. The largest absolute Gasteiger partial charge is 0.350 e. The summed E-state index contributed by atoms with van der Waals surface area (Å²) in [5.41, 5.74) is 5.68. The minimum atomic E-state index is -0.388. The fourth-order valence-electron chi connectivity index (χ4n) is 1.89. The van der Waals surface area contributed by atoms with Crippen molar-refractivity contribution >= 4 is 11.5 Å². The van der Waals surface area contributed by atoms with Crippen LogP contribution in [0.2, 0.25) is 0 Å². The van der Waals surface area contributed by atoms with Crippen LogP contribution in [0.4, 0.5) is 11.5 Å². The van der Waals surface area contributed by atoms with Gasteiger partial charge in [-0.05, 0) is 24.4 Å². The number of aromatic nitrogens is 1. The van der Waals surface area contributed by atoms with E-state index < -0.39 is 0 Å². The Kier molecular flexibility index (Phi) is 5.23. The molecular weight excluding hydrogens is 244 g/mol. The van der Waals surface area contributed by atoms with Gasteiger partial charge in [-0.3, -0.25) is 10.1 Å². The third-order valence-corrected chi connectivity index (χ3v) is 2.93. The predicted molar refractivity (Wildman–Crippen MR) is 76.2 cm³/mol. The van der Waals surface area contributed by atoms with Crippen LogP contribution in [-0.4, -0.2) is 29.5 Å². The van der Waals surface area contributed by atoms with Gasteiger partial charge in [-0.1, -0.05) is 20.8 Å². The topological polar surface area (TPSA) is 85.3 Å². The summed E-state index contributed by atoms with van der Waals surface area (Å²) in [7, 11) is 0. The van der Waals surface area contributed by atoms with Crippen molar-refractivity contribution in [3.05, 3.63) is 28.4 Å². The van der Waals surface area contributed by atoms with Gasteiger partial charge in [0.2, 0.25) is 5.82 Å². The van der Waals surface area contributed by atoms with Crippen LogP contribution in [0.25, 0.3) is 0 Å². The van der Waals surface area contributed by atoms with Crippen molar-refractivity contribution < 1.29 is 4.92 Å². The van der Waals surface area contributed by atoms with Crippen molar-refractivity contribution in [1.29, 1.82) is 0 Å². The molecule has 19 heavy (non-hydrogen) atoms.